The standard InChI is InChI=1S/C22H19F2N3O2S.C4H7FO2.C2H6/c1-3-14-6-8-20(26-16(14)4-2)29-19-12-27(10-9-22(19,23)24)21(28)15-5-7-18-17(11-15)25-13-30-18;1-4(2,5)3(6)7;1-2/h3-8,11,13,19H,1-2,9-10,12H2;1-2H3,(H,6,7);1-2H3. The van der Waals surface area contributed by atoms with Gasteiger partial charge in [0.15, 0.2) is 6.10 Å². The number of alkyl halides is 3. The highest BCUT2D eigenvalue weighted by Gasteiger charge is 2.47. The molecular formula is C28H32F3N3O4S. The van der Waals surface area contributed by atoms with E-state index in [1.807, 2.05) is 19.9 Å². The summed E-state index contributed by atoms with van der Waals surface area (Å²) in [6.07, 6.45) is 1.12. The fraction of sp³-hybridized carbons (Fsp3) is 0.357. The maximum atomic E-state index is 14.6. The van der Waals surface area contributed by atoms with E-state index in [0.29, 0.717) is 16.8 Å². The summed E-state index contributed by atoms with van der Waals surface area (Å²) in [5.74, 6) is -4.77. The van der Waals surface area contributed by atoms with Gasteiger partial charge < -0.3 is 14.7 Å². The number of aromatic nitrogens is 2. The van der Waals surface area contributed by atoms with Crippen molar-refractivity contribution in [3.05, 3.63) is 65.8 Å². The molecule has 3 heterocycles. The van der Waals surface area contributed by atoms with Gasteiger partial charge in [-0.3, -0.25) is 4.79 Å². The van der Waals surface area contributed by atoms with Crippen molar-refractivity contribution in [1.29, 1.82) is 0 Å². The number of thiazole rings is 1. The lowest BCUT2D eigenvalue weighted by atomic mass is 10.0. The van der Waals surface area contributed by atoms with E-state index < -0.39 is 30.1 Å². The van der Waals surface area contributed by atoms with Gasteiger partial charge in [-0.25, -0.2) is 27.9 Å². The molecule has 0 bridgehead atoms. The molecule has 11 heteroatoms. The largest absolute Gasteiger partial charge is 0.479 e. The van der Waals surface area contributed by atoms with Gasteiger partial charge in [0.1, 0.15) is 0 Å². The number of hydrogen-bond acceptors (Lipinski definition) is 6. The number of hydrogen-bond donors (Lipinski definition) is 1. The van der Waals surface area contributed by atoms with Crippen molar-refractivity contribution in [3.63, 3.8) is 0 Å². The normalized spacial score (nSPS) is 16.2. The number of carboxylic acid groups (broad SMARTS) is 1. The zero-order chi connectivity index (χ0) is 29.4. The number of carbonyl (C=O) groups excluding carboxylic acids is 1. The molecule has 1 N–H and O–H groups in total. The first kappa shape index (κ1) is 31.5. The van der Waals surface area contributed by atoms with Crippen molar-refractivity contribution in [2.45, 2.75) is 51.8 Å². The van der Waals surface area contributed by atoms with Gasteiger partial charge in [0.25, 0.3) is 11.8 Å². The lowest BCUT2D eigenvalue weighted by molar-refractivity contribution is -0.148. The fourth-order valence-electron chi connectivity index (χ4n) is 3.37. The molecule has 0 aliphatic carbocycles. The number of ether oxygens (including phenoxy) is 1. The Morgan fingerprint density at radius 3 is 2.46 bits per heavy atom. The number of rotatable bonds is 6. The SMILES string of the molecule is C=Cc1ccc(OC2CN(C(=O)c3ccc4scnc4c3)CCC2(F)F)nc1C=C.CC.CC(C)(F)C(=O)O. The van der Waals surface area contributed by atoms with E-state index in [1.165, 1.54) is 28.4 Å². The third-order valence-corrected chi connectivity index (χ3v) is 6.36. The van der Waals surface area contributed by atoms with Crippen molar-refractivity contribution >= 4 is 45.6 Å². The molecule has 1 aliphatic rings. The van der Waals surface area contributed by atoms with E-state index in [-0.39, 0.29) is 24.9 Å². The van der Waals surface area contributed by atoms with Gasteiger partial charge in [-0.1, -0.05) is 33.1 Å². The minimum Gasteiger partial charge on any atom is -0.479 e. The maximum Gasteiger partial charge on any atom is 0.340 e. The van der Waals surface area contributed by atoms with Crippen LogP contribution in [0.4, 0.5) is 13.2 Å². The summed E-state index contributed by atoms with van der Waals surface area (Å²) in [6.45, 7) is 13.1. The molecule has 1 fully saturated rings. The monoisotopic (exact) mass is 563 g/mol. The molecule has 3 aromatic rings. The zero-order valence-corrected chi connectivity index (χ0v) is 23.1. The van der Waals surface area contributed by atoms with Gasteiger partial charge in [0.2, 0.25) is 11.5 Å². The molecule has 7 nitrogen and oxygen atoms in total. The molecule has 4 rings (SSSR count). The molecule has 1 unspecified atom stereocenters. The van der Waals surface area contributed by atoms with Crippen molar-refractivity contribution in [2.75, 3.05) is 13.1 Å². The number of carboxylic acids is 1. The molecule has 0 radical (unpaired) electrons. The molecule has 1 atom stereocenters. The molecule has 0 spiro atoms. The van der Waals surface area contributed by atoms with Gasteiger partial charge in [-0.15, -0.1) is 11.3 Å². The molecule has 2 aromatic heterocycles. The molecule has 1 aromatic carbocycles. The van der Waals surface area contributed by atoms with Crippen molar-refractivity contribution in [2.24, 2.45) is 0 Å². The van der Waals surface area contributed by atoms with Crippen LogP contribution in [0, 0.1) is 0 Å². The number of amides is 1. The number of benzene rings is 1. The Labute approximate surface area is 229 Å². The van der Waals surface area contributed by atoms with Crippen LogP contribution in [0.25, 0.3) is 22.4 Å². The van der Waals surface area contributed by atoms with Crippen LogP contribution >= 0.6 is 11.3 Å². The Hall–Kier alpha value is -3.73. The number of piperidine rings is 1. The highest BCUT2D eigenvalue weighted by Crippen LogP contribution is 2.32. The molecule has 1 amide bonds. The smallest absolute Gasteiger partial charge is 0.340 e. The van der Waals surface area contributed by atoms with Gasteiger partial charge >= 0.3 is 5.97 Å². The van der Waals surface area contributed by atoms with Crippen LogP contribution in [-0.2, 0) is 4.79 Å². The first-order valence-corrected chi connectivity index (χ1v) is 13.1. The number of pyridine rings is 1. The Kier molecular flexibility index (Phi) is 10.8. The number of carbonyl (C=O) groups is 2. The van der Waals surface area contributed by atoms with Crippen LogP contribution < -0.4 is 4.74 Å². The summed E-state index contributed by atoms with van der Waals surface area (Å²) in [7, 11) is 0. The average Bonchev–Trinajstić information content (AvgIpc) is 3.38. The summed E-state index contributed by atoms with van der Waals surface area (Å²) >= 11 is 1.47. The predicted molar refractivity (Wildman–Crippen MR) is 148 cm³/mol. The second kappa shape index (κ2) is 13.4. The second-order valence-electron chi connectivity index (χ2n) is 8.71. The van der Waals surface area contributed by atoms with E-state index in [1.54, 1.807) is 29.8 Å². The van der Waals surface area contributed by atoms with Crippen molar-refractivity contribution in [3.8, 4) is 5.88 Å². The summed E-state index contributed by atoms with van der Waals surface area (Å²) in [6, 6.07) is 8.38. The van der Waals surface area contributed by atoms with E-state index in [4.69, 9.17) is 9.84 Å². The number of fused-ring (bicyclic) bond motifs is 1. The minimum absolute atomic E-state index is 0.0540. The lowest BCUT2D eigenvalue weighted by Gasteiger charge is -2.38. The predicted octanol–water partition coefficient (Wildman–Crippen LogP) is 6.75. The molecule has 1 aliphatic heterocycles. The summed E-state index contributed by atoms with van der Waals surface area (Å²) in [5, 5.41) is 7.88. The fourth-order valence-corrected chi connectivity index (χ4v) is 4.02. The Bertz CT molecular complexity index is 1320. The average molecular weight is 564 g/mol. The Morgan fingerprint density at radius 1 is 1.21 bits per heavy atom. The maximum absolute atomic E-state index is 14.6. The second-order valence-corrected chi connectivity index (χ2v) is 9.60. The number of nitrogens with zero attached hydrogens (tertiary/aromatic N) is 3. The summed E-state index contributed by atoms with van der Waals surface area (Å²) < 4.78 is 47.5. The van der Waals surface area contributed by atoms with Gasteiger partial charge in [-0.05, 0) is 49.8 Å². The molecule has 39 heavy (non-hydrogen) atoms. The van der Waals surface area contributed by atoms with Crippen molar-refractivity contribution in [1.82, 2.24) is 14.9 Å². The first-order chi connectivity index (χ1) is 18.4. The van der Waals surface area contributed by atoms with Crippen LogP contribution in [0.1, 0.15) is 55.7 Å². The Morgan fingerprint density at radius 2 is 1.87 bits per heavy atom. The van der Waals surface area contributed by atoms with Crippen LogP contribution in [0.2, 0.25) is 0 Å². The van der Waals surface area contributed by atoms with Crippen LogP contribution in [0.3, 0.4) is 0 Å². The van der Waals surface area contributed by atoms with Crippen LogP contribution in [-0.4, -0.2) is 62.6 Å². The van der Waals surface area contributed by atoms with Gasteiger partial charge in [-0.2, -0.15) is 0 Å². The summed E-state index contributed by atoms with van der Waals surface area (Å²) in [4.78, 5) is 32.4. The van der Waals surface area contributed by atoms with E-state index >= 15 is 0 Å². The third kappa shape index (κ3) is 8.13. The lowest BCUT2D eigenvalue weighted by Crippen LogP contribution is -2.55. The van der Waals surface area contributed by atoms with Crippen LogP contribution in [0.15, 0.2) is 49.0 Å². The molecule has 210 valence electrons. The third-order valence-electron chi connectivity index (χ3n) is 5.55. The van der Waals surface area contributed by atoms with Crippen LogP contribution in [0.5, 0.6) is 5.88 Å². The van der Waals surface area contributed by atoms with E-state index in [9.17, 15) is 22.8 Å². The number of likely N-dealkylation sites (tertiary alicyclic amines) is 1. The summed E-state index contributed by atoms with van der Waals surface area (Å²) in [5.41, 5.74) is 1.96. The van der Waals surface area contributed by atoms with E-state index in [0.717, 1.165) is 24.1 Å². The van der Waals surface area contributed by atoms with Crippen molar-refractivity contribution < 1.29 is 32.6 Å². The minimum atomic E-state index is -3.08. The topological polar surface area (TPSA) is 92.6 Å². The molecule has 1 saturated heterocycles. The molecular weight excluding hydrogens is 531 g/mol. The first-order valence-electron chi connectivity index (χ1n) is 12.2. The quantitative estimate of drug-likeness (QED) is 0.357. The van der Waals surface area contributed by atoms with E-state index in [2.05, 4.69) is 23.1 Å². The number of halogens is 3. The van der Waals surface area contributed by atoms with Gasteiger partial charge in [0.05, 0.1) is 28.0 Å². The Balaban J connectivity index is 0.000000517. The number of aliphatic carboxylic acids is 1. The highest BCUT2D eigenvalue weighted by atomic mass is 32.1. The van der Waals surface area contributed by atoms with Gasteiger partial charge in [0, 0.05) is 24.6 Å². The highest BCUT2D eigenvalue weighted by molar-refractivity contribution is 7.16. The zero-order valence-electron chi connectivity index (χ0n) is 22.3. The molecule has 0 saturated carbocycles.